The Kier molecular flexibility index (Phi) is 3.06. The highest BCUT2D eigenvalue weighted by Crippen LogP contribution is 2.10. The van der Waals surface area contributed by atoms with E-state index in [0.29, 0.717) is 5.56 Å². The number of nitrogens with zero attached hydrogens (tertiary/aromatic N) is 3. The minimum atomic E-state index is -1.12. The zero-order valence-electron chi connectivity index (χ0n) is 9.17. The summed E-state index contributed by atoms with van der Waals surface area (Å²) in [5.74, 6) is -1.62. The number of carboxylic acid groups (broad SMARTS) is 1. The Hall–Kier alpha value is -2.68. The van der Waals surface area contributed by atoms with Gasteiger partial charge in [-0.05, 0) is 23.8 Å². The number of halogens is 1. The van der Waals surface area contributed by atoms with Crippen LogP contribution in [-0.4, -0.2) is 20.6 Å². The molecule has 0 aliphatic heterocycles. The highest BCUT2D eigenvalue weighted by atomic mass is 19.1. The molecule has 1 N–H and O–H groups in total. The summed E-state index contributed by atoms with van der Waals surface area (Å²) in [4.78, 5) is 14.3. The van der Waals surface area contributed by atoms with Gasteiger partial charge in [0, 0.05) is 12.7 Å². The zero-order valence-corrected chi connectivity index (χ0v) is 9.17. The van der Waals surface area contributed by atoms with Crippen LogP contribution in [0.25, 0.3) is 0 Å². The minimum Gasteiger partial charge on any atom is -0.476 e. The fourth-order valence-electron chi connectivity index (χ4n) is 1.57. The standard InChI is InChI=1S/C12H8FN3O2/c13-10-2-8(4-14)1-9(3-10)5-16-6-11(12(17)18)15-7-16/h1-3,6-7H,5H2,(H,17,18). The van der Waals surface area contributed by atoms with Crippen molar-refractivity contribution in [2.45, 2.75) is 6.54 Å². The van der Waals surface area contributed by atoms with Crippen LogP contribution in [0, 0.1) is 17.1 Å². The summed E-state index contributed by atoms with van der Waals surface area (Å²) in [5, 5.41) is 17.4. The number of hydrogen-bond donors (Lipinski definition) is 1. The van der Waals surface area contributed by atoms with Crippen molar-refractivity contribution in [3.63, 3.8) is 0 Å². The molecule has 1 heterocycles. The van der Waals surface area contributed by atoms with Gasteiger partial charge in [0.1, 0.15) is 5.82 Å². The van der Waals surface area contributed by atoms with Gasteiger partial charge < -0.3 is 9.67 Å². The molecule has 18 heavy (non-hydrogen) atoms. The largest absolute Gasteiger partial charge is 0.476 e. The second-order valence-electron chi connectivity index (χ2n) is 3.70. The summed E-state index contributed by atoms with van der Waals surface area (Å²) in [6, 6.07) is 5.84. The first-order chi connectivity index (χ1) is 8.58. The molecule has 0 unspecified atom stereocenters. The minimum absolute atomic E-state index is 0.0769. The van der Waals surface area contributed by atoms with Gasteiger partial charge in [-0.15, -0.1) is 0 Å². The van der Waals surface area contributed by atoms with Crippen molar-refractivity contribution in [3.05, 3.63) is 53.4 Å². The second-order valence-corrected chi connectivity index (χ2v) is 3.70. The summed E-state index contributed by atoms with van der Waals surface area (Å²) in [6.07, 6.45) is 2.69. The third-order valence-electron chi connectivity index (χ3n) is 2.30. The van der Waals surface area contributed by atoms with Crippen molar-refractivity contribution < 1.29 is 14.3 Å². The number of hydrogen-bond acceptors (Lipinski definition) is 3. The molecule has 0 aliphatic rings. The van der Waals surface area contributed by atoms with Crippen molar-refractivity contribution in [2.75, 3.05) is 0 Å². The van der Waals surface area contributed by atoms with E-state index in [4.69, 9.17) is 10.4 Å². The van der Waals surface area contributed by atoms with E-state index >= 15 is 0 Å². The number of carboxylic acids is 1. The van der Waals surface area contributed by atoms with Gasteiger partial charge in [-0.1, -0.05) is 0 Å². The van der Waals surface area contributed by atoms with Crippen LogP contribution in [0.1, 0.15) is 21.6 Å². The molecule has 0 spiro atoms. The quantitative estimate of drug-likeness (QED) is 0.891. The topological polar surface area (TPSA) is 78.9 Å². The normalized spacial score (nSPS) is 10.0. The van der Waals surface area contributed by atoms with E-state index in [9.17, 15) is 9.18 Å². The van der Waals surface area contributed by atoms with E-state index in [2.05, 4.69) is 4.98 Å². The summed E-state index contributed by atoms with van der Waals surface area (Å²) in [7, 11) is 0. The molecule has 0 radical (unpaired) electrons. The zero-order chi connectivity index (χ0) is 13.1. The first kappa shape index (κ1) is 11.8. The van der Waals surface area contributed by atoms with Gasteiger partial charge in [0.25, 0.3) is 0 Å². The van der Waals surface area contributed by atoms with Crippen LogP contribution in [0.5, 0.6) is 0 Å². The van der Waals surface area contributed by atoms with Gasteiger partial charge in [0.05, 0.1) is 18.0 Å². The molecule has 0 atom stereocenters. The predicted molar refractivity (Wildman–Crippen MR) is 59.4 cm³/mol. The molecule has 5 nitrogen and oxygen atoms in total. The third-order valence-corrected chi connectivity index (χ3v) is 2.30. The first-order valence-electron chi connectivity index (χ1n) is 5.03. The Bertz CT molecular complexity index is 643. The van der Waals surface area contributed by atoms with Crippen LogP contribution < -0.4 is 0 Å². The lowest BCUT2D eigenvalue weighted by Crippen LogP contribution is -1.99. The van der Waals surface area contributed by atoms with Crippen molar-refractivity contribution in [3.8, 4) is 6.07 Å². The van der Waals surface area contributed by atoms with E-state index < -0.39 is 11.8 Å². The van der Waals surface area contributed by atoms with E-state index in [1.165, 1.54) is 23.2 Å². The van der Waals surface area contributed by atoms with Crippen LogP contribution in [0.4, 0.5) is 4.39 Å². The van der Waals surface area contributed by atoms with Crippen LogP contribution in [0.2, 0.25) is 0 Å². The Balaban J connectivity index is 2.25. The van der Waals surface area contributed by atoms with E-state index in [0.717, 1.165) is 6.07 Å². The van der Waals surface area contributed by atoms with Gasteiger partial charge in [-0.3, -0.25) is 0 Å². The Morgan fingerprint density at radius 1 is 1.50 bits per heavy atom. The summed E-state index contributed by atoms with van der Waals surface area (Å²) >= 11 is 0. The van der Waals surface area contributed by atoms with Crippen LogP contribution in [0.15, 0.2) is 30.7 Å². The summed E-state index contributed by atoms with van der Waals surface area (Å²) in [6.45, 7) is 0.257. The maximum absolute atomic E-state index is 13.2. The molecule has 0 saturated carbocycles. The SMILES string of the molecule is N#Cc1cc(F)cc(Cn2cnc(C(=O)O)c2)c1. The van der Waals surface area contributed by atoms with Crippen molar-refractivity contribution >= 4 is 5.97 Å². The number of aromatic carboxylic acids is 1. The maximum Gasteiger partial charge on any atom is 0.356 e. The van der Waals surface area contributed by atoms with Gasteiger partial charge >= 0.3 is 5.97 Å². The van der Waals surface area contributed by atoms with Crippen molar-refractivity contribution in [1.82, 2.24) is 9.55 Å². The van der Waals surface area contributed by atoms with Gasteiger partial charge in [-0.2, -0.15) is 5.26 Å². The molecule has 0 aliphatic carbocycles. The molecule has 0 amide bonds. The fourth-order valence-corrected chi connectivity index (χ4v) is 1.57. The van der Waals surface area contributed by atoms with Crippen LogP contribution in [-0.2, 0) is 6.54 Å². The summed E-state index contributed by atoms with van der Waals surface area (Å²) < 4.78 is 14.7. The average Bonchev–Trinajstić information content (AvgIpc) is 2.76. The Labute approximate surface area is 102 Å². The Morgan fingerprint density at radius 2 is 2.28 bits per heavy atom. The number of carbonyl (C=O) groups is 1. The number of benzene rings is 1. The number of rotatable bonds is 3. The van der Waals surface area contributed by atoms with E-state index in [1.807, 2.05) is 6.07 Å². The van der Waals surface area contributed by atoms with Crippen LogP contribution >= 0.6 is 0 Å². The highest BCUT2D eigenvalue weighted by molar-refractivity contribution is 5.84. The van der Waals surface area contributed by atoms with Gasteiger partial charge in [-0.25, -0.2) is 14.2 Å². The maximum atomic E-state index is 13.2. The molecule has 90 valence electrons. The molecule has 1 aromatic heterocycles. The lowest BCUT2D eigenvalue weighted by molar-refractivity contribution is 0.0691. The van der Waals surface area contributed by atoms with E-state index in [1.54, 1.807) is 6.07 Å². The fraction of sp³-hybridized carbons (Fsp3) is 0.0833. The lowest BCUT2D eigenvalue weighted by Gasteiger charge is -2.03. The molecule has 0 saturated heterocycles. The number of imidazole rings is 1. The average molecular weight is 245 g/mol. The molecule has 0 bridgehead atoms. The van der Waals surface area contributed by atoms with Crippen molar-refractivity contribution in [2.24, 2.45) is 0 Å². The smallest absolute Gasteiger partial charge is 0.356 e. The number of nitriles is 1. The second kappa shape index (κ2) is 4.67. The van der Waals surface area contributed by atoms with Crippen LogP contribution in [0.3, 0.4) is 0 Å². The summed E-state index contributed by atoms with van der Waals surface area (Å²) in [5.41, 5.74) is 0.719. The molecular formula is C12H8FN3O2. The predicted octanol–water partition coefficient (Wildman–Crippen LogP) is 1.64. The van der Waals surface area contributed by atoms with Crippen molar-refractivity contribution in [1.29, 1.82) is 5.26 Å². The Morgan fingerprint density at radius 3 is 2.89 bits per heavy atom. The van der Waals surface area contributed by atoms with Gasteiger partial charge in [0.15, 0.2) is 5.69 Å². The van der Waals surface area contributed by atoms with E-state index in [-0.39, 0.29) is 17.8 Å². The monoisotopic (exact) mass is 245 g/mol. The molecule has 2 rings (SSSR count). The number of aromatic nitrogens is 2. The first-order valence-corrected chi connectivity index (χ1v) is 5.03. The molecular weight excluding hydrogens is 237 g/mol. The van der Waals surface area contributed by atoms with Gasteiger partial charge in [0.2, 0.25) is 0 Å². The lowest BCUT2D eigenvalue weighted by atomic mass is 10.1. The molecule has 2 aromatic rings. The molecule has 0 fully saturated rings. The molecule has 1 aromatic carbocycles. The third kappa shape index (κ3) is 2.52. The highest BCUT2D eigenvalue weighted by Gasteiger charge is 2.07. The molecule has 6 heteroatoms.